The van der Waals surface area contributed by atoms with Gasteiger partial charge in [0, 0.05) is 60.5 Å². The van der Waals surface area contributed by atoms with Crippen LogP contribution in [0, 0.1) is 6.92 Å². The van der Waals surface area contributed by atoms with Gasteiger partial charge in [-0.1, -0.05) is 0 Å². The molecule has 0 atom stereocenters. The second kappa shape index (κ2) is 11.3. The molecular weight excluding hydrogens is 563 g/mol. The minimum Gasteiger partial charge on any atom is -0.429 e. The maximum Gasteiger partial charge on any atom is 0.298 e. The van der Waals surface area contributed by atoms with E-state index in [9.17, 15) is 9.59 Å². The van der Waals surface area contributed by atoms with E-state index in [0.29, 0.717) is 47.2 Å². The fraction of sp³-hybridized carbons (Fsp3) is 0.0333. The van der Waals surface area contributed by atoms with E-state index in [2.05, 4.69) is 52.6 Å². The lowest BCUT2D eigenvalue weighted by atomic mass is 10.1. The largest absolute Gasteiger partial charge is 0.429 e. The van der Waals surface area contributed by atoms with Crippen molar-refractivity contribution in [2.75, 3.05) is 0 Å². The Morgan fingerprint density at radius 2 is 1.25 bits per heavy atom. The molecule has 196 valence electrons. The van der Waals surface area contributed by atoms with Gasteiger partial charge in [0.2, 0.25) is 0 Å². The molecule has 0 unspecified atom stereocenters. The Morgan fingerprint density at radius 3 is 1.95 bits per heavy atom. The average Bonchev–Trinajstić information content (AvgIpc) is 3.74. The third kappa shape index (κ3) is 5.32. The first kappa shape index (κ1) is 25.8. The van der Waals surface area contributed by atoms with Gasteiger partial charge in [-0.15, -0.1) is 34.0 Å². The number of hydrogen-bond acceptors (Lipinski definition) is 10. The summed E-state index contributed by atoms with van der Waals surface area (Å²) in [6, 6.07) is 21.1. The standard InChI is InChI=1S/C30H19N3O4S3/c1-18-22(8-11-38-18)28-3-5-30(40-28)29-4-2-27(39-29)19-6-9-31-23(12-19)25-14-21(37-17-35)15-26(33-25)24-13-20(36-16-34)7-10-32-24/h2-17H,1H3. The zero-order chi connectivity index (χ0) is 27.5. The van der Waals surface area contributed by atoms with Crippen molar-refractivity contribution in [2.45, 2.75) is 6.92 Å². The van der Waals surface area contributed by atoms with Gasteiger partial charge in [-0.25, -0.2) is 4.98 Å². The summed E-state index contributed by atoms with van der Waals surface area (Å²) in [4.78, 5) is 41.6. The average molecular weight is 582 g/mol. The van der Waals surface area contributed by atoms with Crippen molar-refractivity contribution in [1.82, 2.24) is 15.0 Å². The van der Waals surface area contributed by atoms with Crippen molar-refractivity contribution < 1.29 is 19.1 Å². The van der Waals surface area contributed by atoms with Gasteiger partial charge in [0.1, 0.15) is 11.5 Å². The van der Waals surface area contributed by atoms with Crippen molar-refractivity contribution in [3.63, 3.8) is 0 Å². The first-order chi connectivity index (χ1) is 19.6. The second-order valence-corrected chi connectivity index (χ2v) is 11.8. The molecule has 0 saturated heterocycles. The topological polar surface area (TPSA) is 91.3 Å². The third-order valence-electron chi connectivity index (χ3n) is 6.05. The van der Waals surface area contributed by atoms with Gasteiger partial charge in [-0.3, -0.25) is 19.6 Å². The van der Waals surface area contributed by atoms with Crippen LogP contribution in [0.4, 0.5) is 0 Å². The Morgan fingerprint density at radius 1 is 0.650 bits per heavy atom. The molecule has 0 spiro atoms. The first-order valence-corrected chi connectivity index (χ1v) is 14.5. The van der Waals surface area contributed by atoms with Crippen LogP contribution in [0.2, 0.25) is 0 Å². The molecule has 0 aliphatic carbocycles. The number of aryl methyl sites for hydroxylation is 1. The highest BCUT2D eigenvalue weighted by molar-refractivity contribution is 7.25. The van der Waals surface area contributed by atoms with Crippen molar-refractivity contribution in [1.29, 1.82) is 0 Å². The predicted molar refractivity (Wildman–Crippen MR) is 159 cm³/mol. The normalized spacial score (nSPS) is 10.8. The smallest absolute Gasteiger partial charge is 0.298 e. The van der Waals surface area contributed by atoms with E-state index in [1.165, 1.54) is 31.3 Å². The van der Waals surface area contributed by atoms with Crippen LogP contribution >= 0.6 is 34.0 Å². The van der Waals surface area contributed by atoms with Gasteiger partial charge in [-0.2, -0.15) is 0 Å². The van der Waals surface area contributed by atoms with E-state index >= 15 is 0 Å². The number of ether oxygens (including phenoxy) is 2. The van der Waals surface area contributed by atoms with E-state index in [0.717, 1.165) is 10.4 Å². The molecule has 0 amide bonds. The minimum absolute atomic E-state index is 0.290. The number of pyridine rings is 3. The molecule has 0 radical (unpaired) electrons. The quantitative estimate of drug-likeness (QED) is 0.161. The SMILES string of the molecule is Cc1sccc1-c1ccc(-c2ccc(-c3ccnc(-c4cc(OC=O)cc(-c5cc(OC=O)ccn5)n4)c3)s2)s1. The number of thiophene rings is 3. The number of carbonyl (C=O) groups excluding carboxylic acids is 2. The summed E-state index contributed by atoms with van der Waals surface area (Å²) < 4.78 is 10.1. The summed E-state index contributed by atoms with van der Waals surface area (Å²) in [5.74, 6) is 0.612. The summed E-state index contributed by atoms with van der Waals surface area (Å²) in [6.07, 6.45) is 3.24. The third-order valence-corrected chi connectivity index (χ3v) is 9.34. The molecule has 7 nitrogen and oxygen atoms in total. The molecule has 0 aliphatic heterocycles. The van der Waals surface area contributed by atoms with Crippen LogP contribution in [0.3, 0.4) is 0 Å². The molecule has 0 bridgehead atoms. The first-order valence-electron chi connectivity index (χ1n) is 12.0. The highest BCUT2D eigenvalue weighted by Gasteiger charge is 2.14. The van der Waals surface area contributed by atoms with E-state index in [1.807, 2.05) is 12.1 Å². The molecule has 0 N–H and O–H groups in total. The lowest BCUT2D eigenvalue weighted by Gasteiger charge is -2.09. The van der Waals surface area contributed by atoms with Gasteiger partial charge in [0.15, 0.2) is 0 Å². The molecule has 0 aromatic carbocycles. The molecule has 0 saturated carbocycles. The number of rotatable bonds is 9. The van der Waals surface area contributed by atoms with Crippen molar-refractivity contribution in [2.24, 2.45) is 0 Å². The van der Waals surface area contributed by atoms with E-state index in [-0.39, 0.29) is 0 Å². The zero-order valence-electron chi connectivity index (χ0n) is 20.9. The summed E-state index contributed by atoms with van der Waals surface area (Å²) >= 11 is 5.27. The van der Waals surface area contributed by atoms with E-state index < -0.39 is 0 Å². The number of hydrogen-bond donors (Lipinski definition) is 0. The van der Waals surface area contributed by atoms with Crippen LogP contribution in [0.15, 0.2) is 84.5 Å². The fourth-order valence-corrected chi connectivity index (χ4v) is 7.14. The second-order valence-electron chi connectivity index (χ2n) is 8.53. The van der Waals surface area contributed by atoms with E-state index in [1.54, 1.807) is 64.5 Å². The Bertz CT molecular complexity index is 1840. The van der Waals surface area contributed by atoms with Crippen molar-refractivity contribution >= 4 is 47.0 Å². The Kier molecular flexibility index (Phi) is 7.28. The Hall–Kier alpha value is -4.51. The van der Waals surface area contributed by atoms with Gasteiger partial charge < -0.3 is 9.47 Å². The molecule has 10 heteroatoms. The highest BCUT2D eigenvalue weighted by atomic mass is 32.1. The molecule has 40 heavy (non-hydrogen) atoms. The zero-order valence-corrected chi connectivity index (χ0v) is 23.4. The van der Waals surface area contributed by atoms with Crippen molar-refractivity contribution in [3.05, 3.63) is 89.4 Å². The highest BCUT2D eigenvalue weighted by Crippen LogP contribution is 2.42. The van der Waals surface area contributed by atoms with Gasteiger partial charge >= 0.3 is 0 Å². The molecule has 6 heterocycles. The maximum absolute atomic E-state index is 11.1. The number of aromatic nitrogens is 3. The van der Waals surface area contributed by atoms with Gasteiger partial charge in [0.05, 0.1) is 22.8 Å². The molecule has 6 aromatic heterocycles. The minimum atomic E-state index is 0.290. The van der Waals surface area contributed by atoms with Gasteiger partial charge in [-0.05, 0) is 66.4 Å². The van der Waals surface area contributed by atoms with Crippen LogP contribution < -0.4 is 9.47 Å². The van der Waals surface area contributed by atoms with Crippen molar-refractivity contribution in [3.8, 4) is 64.9 Å². The molecule has 6 rings (SSSR count). The Balaban J connectivity index is 1.33. The van der Waals surface area contributed by atoms with Crippen LogP contribution in [-0.4, -0.2) is 27.9 Å². The van der Waals surface area contributed by atoms with Crippen LogP contribution in [0.5, 0.6) is 11.5 Å². The van der Waals surface area contributed by atoms with Crippen LogP contribution in [-0.2, 0) is 9.59 Å². The number of nitrogens with zero attached hydrogens (tertiary/aromatic N) is 3. The van der Waals surface area contributed by atoms with Crippen LogP contribution in [0.1, 0.15) is 4.88 Å². The number of carbonyl (C=O) groups is 2. The molecule has 0 aliphatic rings. The molecular formula is C30H19N3O4S3. The Labute approximate surface area is 241 Å². The molecule has 0 fully saturated rings. The van der Waals surface area contributed by atoms with E-state index in [4.69, 9.17) is 14.5 Å². The summed E-state index contributed by atoms with van der Waals surface area (Å²) in [7, 11) is 0. The monoisotopic (exact) mass is 581 g/mol. The summed E-state index contributed by atoms with van der Waals surface area (Å²) in [5, 5.41) is 2.13. The fourth-order valence-electron chi connectivity index (χ4n) is 4.18. The lowest BCUT2D eigenvalue weighted by molar-refractivity contribution is -0.121. The van der Waals surface area contributed by atoms with Gasteiger partial charge in [0.25, 0.3) is 12.9 Å². The maximum atomic E-state index is 11.1. The predicted octanol–water partition coefficient (Wildman–Crippen LogP) is 7.77. The molecule has 6 aromatic rings. The van der Waals surface area contributed by atoms with Crippen LogP contribution in [0.25, 0.3) is 53.4 Å². The summed E-state index contributed by atoms with van der Waals surface area (Å²) in [6.45, 7) is 2.85. The lowest BCUT2D eigenvalue weighted by Crippen LogP contribution is -1.97. The summed E-state index contributed by atoms with van der Waals surface area (Å²) in [5.41, 5.74) is 4.29.